The number of ether oxygens (including phenoxy) is 2. The summed E-state index contributed by atoms with van der Waals surface area (Å²) >= 11 is 5.22. The molecule has 0 radical (unpaired) electrons. The van der Waals surface area contributed by atoms with Crippen LogP contribution in [0.3, 0.4) is 0 Å². The van der Waals surface area contributed by atoms with E-state index in [-0.39, 0.29) is 11.5 Å². The first kappa shape index (κ1) is 12.6. The van der Waals surface area contributed by atoms with Crippen LogP contribution in [-0.2, 0) is 0 Å². The Hall–Kier alpha value is -1.43. The lowest BCUT2D eigenvalue weighted by molar-refractivity contribution is 0.105. The molecule has 4 nitrogen and oxygen atoms in total. The summed E-state index contributed by atoms with van der Waals surface area (Å²) in [5, 5.41) is -1.07. The summed E-state index contributed by atoms with van der Waals surface area (Å²) < 4.78 is 34.8. The minimum absolute atomic E-state index is 0.0656. The smallest absolute Gasteiger partial charge is 0.281 e. The van der Waals surface area contributed by atoms with Gasteiger partial charge in [-0.3, -0.25) is 9.78 Å². The number of carbonyl (C=O) groups excluding carboxylic acids is 1. The fraction of sp³-hybridized carbons (Fsp3) is 0.333. The molecule has 1 rings (SSSR count). The van der Waals surface area contributed by atoms with Gasteiger partial charge in [0.2, 0.25) is 0 Å². The lowest BCUT2D eigenvalue weighted by Gasteiger charge is -2.12. The fourth-order valence-corrected chi connectivity index (χ4v) is 1.38. The molecule has 0 spiro atoms. The van der Waals surface area contributed by atoms with E-state index in [9.17, 15) is 13.6 Å². The second-order valence-electron chi connectivity index (χ2n) is 2.69. The third kappa shape index (κ3) is 2.21. The first-order valence-electron chi connectivity index (χ1n) is 4.11. The van der Waals surface area contributed by atoms with Gasteiger partial charge >= 0.3 is 0 Å². The second kappa shape index (κ2) is 5.07. The summed E-state index contributed by atoms with van der Waals surface area (Å²) in [6.45, 7) is 0. The van der Waals surface area contributed by atoms with Crippen LogP contribution in [0.15, 0.2) is 6.20 Å². The van der Waals surface area contributed by atoms with E-state index in [0.29, 0.717) is 0 Å². The highest BCUT2D eigenvalue weighted by molar-refractivity contribution is 6.68. The van der Waals surface area contributed by atoms with Crippen LogP contribution in [0.5, 0.6) is 11.5 Å². The van der Waals surface area contributed by atoms with Gasteiger partial charge in [-0.25, -0.2) is 8.78 Å². The minimum atomic E-state index is -2.92. The van der Waals surface area contributed by atoms with E-state index in [1.807, 2.05) is 0 Å². The van der Waals surface area contributed by atoms with Gasteiger partial charge in [0.25, 0.3) is 11.7 Å². The molecule has 0 bridgehead atoms. The molecule has 7 heteroatoms. The maximum absolute atomic E-state index is 12.6. The van der Waals surface area contributed by atoms with Crippen molar-refractivity contribution in [2.75, 3.05) is 14.2 Å². The number of hydrogen-bond acceptors (Lipinski definition) is 4. The predicted molar refractivity (Wildman–Crippen MR) is 52.5 cm³/mol. The normalized spacial score (nSPS) is 10.4. The van der Waals surface area contributed by atoms with Gasteiger partial charge in [-0.15, -0.1) is 0 Å². The molecule has 0 aliphatic rings. The average Bonchev–Trinajstić information content (AvgIpc) is 2.26. The second-order valence-corrected chi connectivity index (χ2v) is 3.04. The zero-order chi connectivity index (χ0) is 12.3. The van der Waals surface area contributed by atoms with Crippen LogP contribution in [0, 0.1) is 0 Å². The van der Waals surface area contributed by atoms with Crippen molar-refractivity contribution in [2.24, 2.45) is 0 Å². The molecule has 88 valence electrons. The van der Waals surface area contributed by atoms with Gasteiger partial charge in [0.15, 0.2) is 11.5 Å². The van der Waals surface area contributed by atoms with Crippen molar-refractivity contribution in [3.05, 3.63) is 17.5 Å². The van der Waals surface area contributed by atoms with Crippen LogP contribution in [-0.4, -0.2) is 24.4 Å². The van der Waals surface area contributed by atoms with Crippen LogP contribution in [0.2, 0.25) is 0 Å². The van der Waals surface area contributed by atoms with Crippen molar-refractivity contribution >= 4 is 16.8 Å². The number of hydrogen-bond donors (Lipinski definition) is 0. The molecule has 0 fully saturated rings. The summed E-state index contributed by atoms with van der Waals surface area (Å²) in [6, 6.07) is 0. The van der Waals surface area contributed by atoms with Crippen molar-refractivity contribution in [3.8, 4) is 11.5 Å². The third-order valence-corrected chi connectivity index (χ3v) is 2.04. The van der Waals surface area contributed by atoms with Crippen LogP contribution < -0.4 is 9.47 Å². The number of carbonyl (C=O) groups is 1. The van der Waals surface area contributed by atoms with Crippen LogP contribution in [0.4, 0.5) is 8.78 Å². The Morgan fingerprint density at radius 3 is 2.44 bits per heavy atom. The molecule has 0 atom stereocenters. The first-order valence-corrected chi connectivity index (χ1v) is 4.49. The molecule has 0 amide bonds. The Morgan fingerprint density at radius 2 is 2.06 bits per heavy atom. The number of alkyl halides is 2. The lowest BCUT2D eigenvalue weighted by Crippen LogP contribution is -2.06. The van der Waals surface area contributed by atoms with E-state index < -0.39 is 22.9 Å². The molecule has 1 heterocycles. The Morgan fingerprint density at radius 1 is 1.44 bits per heavy atom. The lowest BCUT2D eigenvalue weighted by atomic mass is 10.2. The van der Waals surface area contributed by atoms with Gasteiger partial charge in [0, 0.05) is 0 Å². The van der Waals surface area contributed by atoms with E-state index in [2.05, 4.69) is 4.98 Å². The molecule has 1 aromatic rings. The molecular weight excluding hydrogens is 244 g/mol. The van der Waals surface area contributed by atoms with Crippen molar-refractivity contribution in [2.45, 2.75) is 6.43 Å². The van der Waals surface area contributed by atoms with Gasteiger partial charge in [-0.05, 0) is 11.6 Å². The summed E-state index contributed by atoms with van der Waals surface area (Å²) in [6.07, 6.45) is -1.87. The van der Waals surface area contributed by atoms with Gasteiger partial charge in [-0.1, -0.05) is 0 Å². The summed E-state index contributed by atoms with van der Waals surface area (Å²) in [5.74, 6) is -0.0799. The molecule has 1 aromatic heterocycles. The molecule has 0 unspecified atom stereocenters. The molecule has 0 aliphatic heterocycles. The highest BCUT2D eigenvalue weighted by Gasteiger charge is 2.26. The van der Waals surface area contributed by atoms with Crippen LogP contribution in [0.1, 0.15) is 22.5 Å². The van der Waals surface area contributed by atoms with Gasteiger partial charge in [-0.2, -0.15) is 0 Å². The summed E-state index contributed by atoms with van der Waals surface area (Å²) in [5.41, 5.74) is -1.20. The fourth-order valence-electron chi connectivity index (χ4n) is 1.19. The SMILES string of the molecule is COc1cnc(C(F)F)c(C(=O)Cl)c1OC. The summed E-state index contributed by atoms with van der Waals surface area (Å²) in [4.78, 5) is 14.5. The Balaban J connectivity index is 3.50. The third-order valence-electron chi connectivity index (χ3n) is 1.86. The monoisotopic (exact) mass is 251 g/mol. The Bertz CT molecular complexity index is 412. The number of methoxy groups -OCH3 is 2. The number of nitrogens with zero attached hydrogens (tertiary/aromatic N) is 1. The molecule has 0 saturated carbocycles. The van der Waals surface area contributed by atoms with E-state index in [1.165, 1.54) is 14.2 Å². The van der Waals surface area contributed by atoms with Crippen LogP contribution in [0.25, 0.3) is 0 Å². The molecule has 0 aliphatic carbocycles. The van der Waals surface area contributed by atoms with Crippen LogP contribution >= 0.6 is 11.6 Å². The zero-order valence-corrected chi connectivity index (χ0v) is 9.22. The molecular formula is C9H8ClF2NO3. The largest absolute Gasteiger partial charge is 0.492 e. The van der Waals surface area contributed by atoms with E-state index >= 15 is 0 Å². The topological polar surface area (TPSA) is 48.4 Å². The quantitative estimate of drug-likeness (QED) is 0.771. The van der Waals surface area contributed by atoms with Crippen molar-refractivity contribution in [3.63, 3.8) is 0 Å². The van der Waals surface area contributed by atoms with Gasteiger partial charge in [0.1, 0.15) is 11.3 Å². The van der Waals surface area contributed by atoms with Gasteiger partial charge in [0.05, 0.1) is 20.4 Å². The minimum Gasteiger partial charge on any atom is -0.492 e. The molecule has 0 N–H and O–H groups in total. The van der Waals surface area contributed by atoms with E-state index in [4.69, 9.17) is 21.1 Å². The number of aromatic nitrogens is 1. The van der Waals surface area contributed by atoms with E-state index in [1.54, 1.807) is 0 Å². The highest BCUT2D eigenvalue weighted by atomic mass is 35.5. The summed E-state index contributed by atoms with van der Waals surface area (Å²) in [7, 11) is 2.51. The maximum Gasteiger partial charge on any atom is 0.281 e. The molecule has 0 aromatic carbocycles. The number of rotatable bonds is 4. The molecule has 0 saturated heterocycles. The van der Waals surface area contributed by atoms with E-state index in [0.717, 1.165) is 6.20 Å². The standard InChI is InChI=1S/C9H8ClF2NO3/c1-15-4-3-13-6(9(11)12)5(8(10)14)7(4)16-2/h3,9H,1-2H3. The van der Waals surface area contributed by atoms with Gasteiger partial charge < -0.3 is 9.47 Å². The Labute approximate surface area is 95.1 Å². The highest BCUT2D eigenvalue weighted by Crippen LogP contribution is 2.36. The van der Waals surface area contributed by atoms with Crippen molar-refractivity contribution in [1.82, 2.24) is 4.98 Å². The van der Waals surface area contributed by atoms with Crippen molar-refractivity contribution in [1.29, 1.82) is 0 Å². The average molecular weight is 252 g/mol. The van der Waals surface area contributed by atoms with Crippen molar-refractivity contribution < 1.29 is 23.0 Å². The number of halogens is 3. The zero-order valence-electron chi connectivity index (χ0n) is 8.46. The Kier molecular flexibility index (Phi) is 4.00. The predicted octanol–water partition coefficient (Wildman–Crippen LogP) is 2.42. The number of pyridine rings is 1. The first-order chi connectivity index (χ1) is 7.52. The maximum atomic E-state index is 12.6. The molecule has 16 heavy (non-hydrogen) atoms.